The molecule has 1 saturated heterocycles. The summed E-state index contributed by atoms with van der Waals surface area (Å²) < 4.78 is 0. The molecular formula is C12H11N5O6. The lowest BCUT2D eigenvalue weighted by Crippen LogP contribution is -2.61. The van der Waals surface area contributed by atoms with Gasteiger partial charge in [0.1, 0.15) is 5.75 Å². The van der Waals surface area contributed by atoms with E-state index in [1.807, 2.05) is 10.9 Å². The van der Waals surface area contributed by atoms with E-state index in [2.05, 4.69) is 5.32 Å². The van der Waals surface area contributed by atoms with Gasteiger partial charge in [0.05, 0.1) is 0 Å². The van der Waals surface area contributed by atoms with Crippen molar-refractivity contribution in [3.05, 3.63) is 24.3 Å². The molecule has 2 rings (SSSR count). The van der Waals surface area contributed by atoms with Crippen molar-refractivity contribution in [1.82, 2.24) is 21.5 Å². The fourth-order valence-electron chi connectivity index (χ4n) is 1.65. The highest BCUT2D eigenvalue weighted by molar-refractivity contribution is 6.26. The largest absolute Gasteiger partial charge is 0.508 e. The van der Waals surface area contributed by atoms with E-state index in [1.165, 1.54) is 24.3 Å². The topological polar surface area (TPSA) is 166 Å². The van der Waals surface area contributed by atoms with E-state index in [1.54, 1.807) is 10.6 Å². The minimum atomic E-state index is -1.80. The summed E-state index contributed by atoms with van der Waals surface area (Å²) in [6.45, 7) is 0. The summed E-state index contributed by atoms with van der Waals surface area (Å²) in [7, 11) is 0. The Labute approximate surface area is 128 Å². The second kappa shape index (κ2) is 6.43. The second-order valence-electron chi connectivity index (χ2n) is 4.36. The highest BCUT2D eigenvalue weighted by Gasteiger charge is 2.40. The average Bonchev–Trinajstić information content (AvgIpc) is 2.46. The summed E-state index contributed by atoms with van der Waals surface area (Å²) in [5.41, 5.74) is 4.14. The number of carbonyl (C=O) groups is 5. The lowest BCUT2D eigenvalue weighted by molar-refractivity contribution is -0.143. The number of hydrogen-bond acceptors (Lipinski definition) is 6. The van der Waals surface area contributed by atoms with Crippen LogP contribution in [0, 0.1) is 5.92 Å². The van der Waals surface area contributed by atoms with Crippen molar-refractivity contribution < 1.29 is 29.1 Å². The summed E-state index contributed by atoms with van der Waals surface area (Å²) in [5.74, 6) is -5.11. The molecule has 0 atom stereocenters. The zero-order valence-electron chi connectivity index (χ0n) is 11.4. The molecule has 0 aromatic heterocycles. The number of barbiturate groups is 1. The Hall–Kier alpha value is -3.63. The molecule has 0 bridgehead atoms. The van der Waals surface area contributed by atoms with Crippen LogP contribution >= 0.6 is 0 Å². The maximum Gasteiger partial charge on any atom is 0.337 e. The van der Waals surface area contributed by atoms with Crippen LogP contribution in [0.5, 0.6) is 5.75 Å². The van der Waals surface area contributed by atoms with Crippen LogP contribution in [0.2, 0.25) is 0 Å². The molecule has 6 N–H and O–H groups in total. The van der Waals surface area contributed by atoms with Crippen molar-refractivity contribution in [3.63, 3.8) is 0 Å². The van der Waals surface area contributed by atoms with Crippen LogP contribution < -0.4 is 26.8 Å². The molecule has 1 aromatic rings. The van der Waals surface area contributed by atoms with Gasteiger partial charge >= 0.3 is 12.1 Å². The first-order chi connectivity index (χ1) is 10.9. The van der Waals surface area contributed by atoms with Crippen molar-refractivity contribution in [2.75, 3.05) is 5.32 Å². The fraction of sp³-hybridized carbons (Fsp3) is 0.0833. The predicted octanol–water partition coefficient (Wildman–Crippen LogP) is -1.47. The molecule has 11 nitrogen and oxygen atoms in total. The number of hydrogen-bond donors (Lipinski definition) is 6. The summed E-state index contributed by atoms with van der Waals surface area (Å²) in [5, 5.41) is 14.9. The molecule has 7 amide bonds. The Balaban J connectivity index is 1.87. The predicted molar refractivity (Wildman–Crippen MR) is 73.6 cm³/mol. The summed E-state index contributed by atoms with van der Waals surface area (Å²) in [4.78, 5) is 56.9. The maximum absolute atomic E-state index is 11.7. The molecule has 1 aromatic carbocycles. The van der Waals surface area contributed by atoms with Crippen LogP contribution in [0.15, 0.2) is 24.3 Å². The van der Waals surface area contributed by atoms with E-state index >= 15 is 0 Å². The Morgan fingerprint density at radius 3 is 2.09 bits per heavy atom. The molecule has 0 aliphatic carbocycles. The number of amides is 7. The third-order valence-electron chi connectivity index (χ3n) is 2.68. The third-order valence-corrected chi connectivity index (χ3v) is 2.68. The minimum absolute atomic E-state index is 0.00753. The molecule has 1 heterocycles. The third kappa shape index (κ3) is 3.93. The summed E-state index contributed by atoms with van der Waals surface area (Å²) in [6.07, 6.45) is 0. The standard InChI is InChI=1S/C12H11N5O6/c18-6-3-1-5(2-4-6)13-12(23)17-16-10(21)7-8(19)14-11(22)15-9(7)20/h1-4,7,18H,(H,16,21)(H2,13,17,23)(H2,14,15,19,20,22). The molecule has 1 aliphatic rings. The normalized spacial score (nSPS) is 14.5. The van der Waals surface area contributed by atoms with Gasteiger partial charge in [0.25, 0.3) is 5.91 Å². The van der Waals surface area contributed by atoms with E-state index in [0.717, 1.165) is 0 Å². The van der Waals surface area contributed by atoms with Crippen LogP contribution in [-0.4, -0.2) is 34.9 Å². The first kappa shape index (κ1) is 15.8. The van der Waals surface area contributed by atoms with Crippen LogP contribution in [0.3, 0.4) is 0 Å². The smallest absolute Gasteiger partial charge is 0.337 e. The molecule has 0 unspecified atom stereocenters. The van der Waals surface area contributed by atoms with Crippen LogP contribution in [-0.2, 0) is 14.4 Å². The number of aromatic hydroxyl groups is 1. The first-order valence-corrected chi connectivity index (χ1v) is 6.18. The summed E-state index contributed by atoms with van der Waals surface area (Å²) in [6, 6.07) is 3.61. The second-order valence-corrected chi connectivity index (χ2v) is 4.36. The number of anilines is 1. The quantitative estimate of drug-likeness (QED) is 0.221. The zero-order valence-corrected chi connectivity index (χ0v) is 11.4. The van der Waals surface area contributed by atoms with E-state index in [-0.39, 0.29) is 5.75 Å². The maximum atomic E-state index is 11.7. The molecule has 1 aliphatic heterocycles. The number of urea groups is 2. The van der Waals surface area contributed by atoms with Gasteiger partial charge in [-0.25, -0.2) is 15.0 Å². The van der Waals surface area contributed by atoms with Gasteiger partial charge < -0.3 is 10.4 Å². The molecule has 0 saturated carbocycles. The monoisotopic (exact) mass is 321 g/mol. The molecule has 0 radical (unpaired) electrons. The lowest BCUT2D eigenvalue weighted by atomic mass is 10.1. The Kier molecular flexibility index (Phi) is 4.40. The number of rotatable bonds is 2. The SMILES string of the molecule is O=C1NC(=O)C(C(=O)NNC(=O)Nc2ccc(O)cc2)C(=O)N1. The Morgan fingerprint density at radius 1 is 0.957 bits per heavy atom. The van der Waals surface area contributed by atoms with Crippen molar-refractivity contribution in [1.29, 1.82) is 0 Å². The van der Waals surface area contributed by atoms with Crippen LogP contribution in [0.1, 0.15) is 0 Å². The minimum Gasteiger partial charge on any atom is -0.508 e. The average molecular weight is 321 g/mol. The van der Waals surface area contributed by atoms with Gasteiger partial charge in [0.2, 0.25) is 11.8 Å². The number of phenolic OH excluding ortho intramolecular Hbond substituents is 1. The van der Waals surface area contributed by atoms with Crippen molar-refractivity contribution in [2.45, 2.75) is 0 Å². The molecule has 11 heteroatoms. The van der Waals surface area contributed by atoms with Crippen LogP contribution in [0.4, 0.5) is 15.3 Å². The summed E-state index contributed by atoms with van der Waals surface area (Å²) >= 11 is 0. The number of hydrazine groups is 1. The molecule has 0 spiro atoms. The van der Waals surface area contributed by atoms with Gasteiger partial charge in [-0.1, -0.05) is 0 Å². The number of imide groups is 2. The van der Waals surface area contributed by atoms with E-state index in [4.69, 9.17) is 5.11 Å². The highest BCUT2D eigenvalue weighted by atomic mass is 16.3. The number of phenols is 1. The van der Waals surface area contributed by atoms with Gasteiger partial charge in [-0.05, 0) is 24.3 Å². The van der Waals surface area contributed by atoms with E-state index in [0.29, 0.717) is 5.69 Å². The van der Waals surface area contributed by atoms with Gasteiger partial charge in [-0.15, -0.1) is 0 Å². The van der Waals surface area contributed by atoms with Crippen LogP contribution in [0.25, 0.3) is 0 Å². The Bertz CT molecular complexity index is 666. The lowest BCUT2D eigenvalue weighted by Gasteiger charge is -2.20. The van der Waals surface area contributed by atoms with Gasteiger partial charge in [0, 0.05) is 5.69 Å². The molecule has 23 heavy (non-hydrogen) atoms. The number of carbonyl (C=O) groups excluding carboxylic acids is 5. The van der Waals surface area contributed by atoms with Gasteiger partial charge in [0.15, 0.2) is 5.92 Å². The van der Waals surface area contributed by atoms with Crippen molar-refractivity contribution in [2.24, 2.45) is 5.92 Å². The van der Waals surface area contributed by atoms with Gasteiger partial charge in [-0.2, -0.15) is 0 Å². The number of benzene rings is 1. The van der Waals surface area contributed by atoms with E-state index < -0.39 is 35.7 Å². The fourth-order valence-corrected chi connectivity index (χ4v) is 1.65. The van der Waals surface area contributed by atoms with E-state index in [9.17, 15) is 24.0 Å². The first-order valence-electron chi connectivity index (χ1n) is 6.18. The molecular weight excluding hydrogens is 310 g/mol. The van der Waals surface area contributed by atoms with Crippen molar-refractivity contribution >= 4 is 35.5 Å². The highest BCUT2D eigenvalue weighted by Crippen LogP contribution is 2.13. The van der Waals surface area contributed by atoms with Crippen molar-refractivity contribution in [3.8, 4) is 5.75 Å². The Morgan fingerprint density at radius 2 is 1.52 bits per heavy atom. The molecule has 1 fully saturated rings. The zero-order chi connectivity index (χ0) is 17.0. The number of nitrogens with one attached hydrogen (secondary N) is 5. The molecule has 120 valence electrons. The van der Waals surface area contributed by atoms with Gasteiger partial charge in [-0.3, -0.25) is 30.4 Å².